The van der Waals surface area contributed by atoms with Crippen molar-refractivity contribution in [2.45, 2.75) is 37.2 Å². The molecular formula is C10H21IMgO2. The summed E-state index contributed by atoms with van der Waals surface area (Å²) in [6.07, 6.45) is 3.86. The van der Waals surface area contributed by atoms with Gasteiger partial charge in [0, 0.05) is 13.7 Å². The van der Waals surface area contributed by atoms with Gasteiger partial charge in [-0.3, -0.25) is 0 Å². The highest BCUT2D eigenvalue weighted by atomic mass is 127. The van der Waals surface area contributed by atoms with E-state index in [4.69, 9.17) is 9.47 Å². The van der Waals surface area contributed by atoms with Crippen molar-refractivity contribution in [3.8, 4) is 0 Å². The Morgan fingerprint density at radius 1 is 1.36 bits per heavy atom. The van der Waals surface area contributed by atoms with Crippen LogP contribution < -0.4 is 0 Å². The van der Waals surface area contributed by atoms with Gasteiger partial charge in [-0.1, -0.05) is 20.3 Å². The second-order valence-electron chi connectivity index (χ2n) is 4.06. The third kappa shape index (κ3) is 9.95. The molecule has 0 heterocycles. The molecule has 0 spiro atoms. The number of rotatable bonds is 9. The lowest BCUT2D eigenvalue weighted by Gasteiger charge is -2.14. The summed E-state index contributed by atoms with van der Waals surface area (Å²) in [5.41, 5.74) is 0. The Bertz CT molecular complexity index is 125. The summed E-state index contributed by atoms with van der Waals surface area (Å²) in [6, 6.07) is 0. The standard InChI is InChI=1S/C10H21O2.HI.Mg/c1-4-6-10(2)7-5-8-12-9-11-3;;/h4,10H,5-9H2,1-3H3;1H;/q;;+1/p-1. The lowest BCUT2D eigenvalue weighted by Crippen LogP contribution is -2.04. The second kappa shape index (κ2) is 10.9. The molecule has 0 bridgehead atoms. The number of ether oxygens (including phenoxy) is 2. The Labute approximate surface area is 108 Å². The SMILES string of the molecule is COCOCCCC(C)C[CH](C)[Mg][I]. The van der Waals surface area contributed by atoms with E-state index < -0.39 is 0 Å². The molecule has 0 aromatic rings. The van der Waals surface area contributed by atoms with Crippen LogP contribution in [0.2, 0.25) is 4.05 Å². The molecule has 0 rings (SSSR count). The molecule has 0 saturated carbocycles. The first-order valence-corrected chi connectivity index (χ1v) is 11.3. The average Bonchev–Trinajstić information content (AvgIpc) is 2.17. The Morgan fingerprint density at radius 2 is 2.07 bits per heavy atom. The number of halogens is 1. The second-order valence-corrected chi connectivity index (χ2v) is 8.40. The van der Waals surface area contributed by atoms with Crippen LogP contribution in [0.5, 0.6) is 0 Å². The van der Waals surface area contributed by atoms with Crippen LogP contribution in [0.15, 0.2) is 0 Å². The van der Waals surface area contributed by atoms with Crippen molar-refractivity contribution in [2.24, 2.45) is 5.92 Å². The minimum Gasteiger partial charge on any atom is -0.359 e. The predicted molar refractivity (Wildman–Crippen MR) is 70.0 cm³/mol. The minimum absolute atomic E-state index is 0.178. The molecule has 2 atom stereocenters. The normalized spacial score (nSPS) is 14.9. The zero-order valence-electron chi connectivity index (χ0n) is 9.59. The van der Waals surface area contributed by atoms with Crippen LogP contribution in [-0.2, 0) is 9.47 Å². The Hall–Kier alpha value is 1.42. The van der Waals surface area contributed by atoms with Gasteiger partial charge >= 0.3 is 16.5 Å². The molecule has 2 unspecified atom stereocenters. The molecule has 0 fully saturated rings. The van der Waals surface area contributed by atoms with Crippen LogP contribution in [0, 0.1) is 5.92 Å². The highest BCUT2D eigenvalue weighted by molar-refractivity contribution is 14.1. The maximum Gasteiger partial charge on any atom is 0.466 e. The van der Waals surface area contributed by atoms with Gasteiger partial charge in [0.05, 0.1) is 0 Å². The van der Waals surface area contributed by atoms with E-state index in [-0.39, 0.29) is 16.5 Å². The van der Waals surface area contributed by atoms with Gasteiger partial charge in [0.15, 0.2) is 0 Å². The summed E-state index contributed by atoms with van der Waals surface area (Å²) in [5, 5.41) is 0. The summed E-state index contributed by atoms with van der Waals surface area (Å²) < 4.78 is 11.1. The minimum atomic E-state index is 0.178. The summed E-state index contributed by atoms with van der Waals surface area (Å²) in [4.78, 5) is 0. The number of hydrogen-bond acceptors (Lipinski definition) is 2. The van der Waals surface area contributed by atoms with Gasteiger partial charge in [-0.2, -0.15) is 0 Å². The van der Waals surface area contributed by atoms with E-state index in [0.717, 1.165) is 16.6 Å². The molecule has 4 heteroatoms. The summed E-state index contributed by atoms with van der Waals surface area (Å²) >= 11 is 2.78. The van der Waals surface area contributed by atoms with Crippen LogP contribution >= 0.6 is 18.9 Å². The fourth-order valence-corrected chi connectivity index (χ4v) is 3.32. The molecule has 2 nitrogen and oxygen atoms in total. The lowest BCUT2D eigenvalue weighted by molar-refractivity contribution is -0.0322. The maximum atomic E-state index is 5.25. The van der Waals surface area contributed by atoms with Crippen LogP contribution in [0.4, 0.5) is 0 Å². The van der Waals surface area contributed by atoms with Gasteiger partial charge < -0.3 is 28.3 Å². The largest absolute Gasteiger partial charge is 0.466 e. The van der Waals surface area contributed by atoms with E-state index in [9.17, 15) is 0 Å². The van der Waals surface area contributed by atoms with Gasteiger partial charge in [-0.15, -0.1) is 4.05 Å². The Kier molecular flexibility index (Phi) is 12.0. The maximum absolute atomic E-state index is 5.25. The van der Waals surface area contributed by atoms with Crippen molar-refractivity contribution < 1.29 is 9.47 Å². The quantitative estimate of drug-likeness (QED) is 0.280. The van der Waals surface area contributed by atoms with Crippen molar-refractivity contribution in [3.05, 3.63) is 0 Å². The summed E-state index contributed by atoms with van der Waals surface area (Å²) in [7, 11) is 1.66. The molecule has 82 valence electrons. The van der Waals surface area contributed by atoms with Crippen molar-refractivity contribution >= 4 is 35.3 Å². The third-order valence-corrected chi connectivity index (χ3v) is 7.63. The van der Waals surface area contributed by atoms with Crippen molar-refractivity contribution in [1.82, 2.24) is 0 Å². The monoisotopic (exact) mass is 324 g/mol. The molecule has 0 radical (unpaired) electrons. The van der Waals surface area contributed by atoms with Crippen LogP contribution in [-0.4, -0.2) is 37.0 Å². The fourth-order valence-electron chi connectivity index (χ4n) is 1.54. The number of hydrogen-bond donors (Lipinski definition) is 0. The topological polar surface area (TPSA) is 18.5 Å². The lowest BCUT2D eigenvalue weighted by atomic mass is 10.0. The fraction of sp³-hybridized carbons (Fsp3) is 1.00. The summed E-state index contributed by atoms with van der Waals surface area (Å²) in [6.45, 7) is 6.02. The van der Waals surface area contributed by atoms with Crippen molar-refractivity contribution in [3.63, 3.8) is 0 Å². The van der Waals surface area contributed by atoms with Crippen LogP contribution in [0.25, 0.3) is 0 Å². The van der Waals surface area contributed by atoms with Gasteiger partial charge in [0.2, 0.25) is 0 Å². The highest BCUT2D eigenvalue weighted by Gasteiger charge is 2.09. The first-order valence-electron chi connectivity index (χ1n) is 5.33. The van der Waals surface area contributed by atoms with Gasteiger partial charge in [0.1, 0.15) is 6.79 Å². The Balaban J connectivity index is 3.22. The van der Waals surface area contributed by atoms with E-state index in [1.165, 1.54) is 19.3 Å². The third-order valence-electron chi connectivity index (χ3n) is 2.25. The molecule has 0 aromatic heterocycles. The van der Waals surface area contributed by atoms with Gasteiger partial charge in [0.25, 0.3) is 0 Å². The van der Waals surface area contributed by atoms with Gasteiger partial charge in [-0.05, 0) is 18.8 Å². The zero-order valence-corrected chi connectivity index (χ0v) is 13.2. The van der Waals surface area contributed by atoms with E-state index >= 15 is 0 Å². The predicted octanol–water partition coefficient (Wildman–Crippen LogP) is 3.28. The Morgan fingerprint density at radius 3 is 2.64 bits per heavy atom. The number of methoxy groups -OCH3 is 1. The van der Waals surface area contributed by atoms with E-state index in [1.807, 2.05) is 0 Å². The summed E-state index contributed by atoms with van der Waals surface area (Å²) in [5.74, 6) is 0.860. The van der Waals surface area contributed by atoms with Crippen molar-refractivity contribution in [1.29, 1.82) is 0 Å². The molecule has 0 amide bonds. The molecular weight excluding hydrogens is 303 g/mol. The van der Waals surface area contributed by atoms with Gasteiger partial charge in [-0.25, -0.2) is 0 Å². The molecule has 0 saturated heterocycles. The van der Waals surface area contributed by atoms with Crippen molar-refractivity contribution in [2.75, 3.05) is 20.5 Å². The smallest absolute Gasteiger partial charge is 0.359 e. The van der Waals surface area contributed by atoms with E-state index in [1.54, 1.807) is 7.11 Å². The van der Waals surface area contributed by atoms with E-state index in [2.05, 4.69) is 32.7 Å². The molecule has 0 aliphatic rings. The molecule has 14 heavy (non-hydrogen) atoms. The van der Waals surface area contributed by atoms with Crippen LogP contribution in [0.1, 0.15) is 33.1 Å². The van der Waals surface area contributed by atoms with E-state index in [0.29, 0.717) is 6.79 Å². The highest BCUT2D eigenvalue weighted by Crippen LogP contribution is 2.21. The molecule has 0 aliphatic heterocycles. The molecule has 0 aromatic carbocycles. The average molecular weight is 324 g/mol. The first-order chi connectivity index (χ1) is 6.70. The molecule has 0 N–H and O–H groups in total. The van der Waals surface area contributed by atoms with Crippen LogP contribution in [0.3, 0.4) is 0 Å². The first kappa shape index (κ1) is 15.4. The molecule has 0 aliphatic carbocycles. The zero-order chi connectivity index (χ0) is 10.8.